The summed E-state index contributed by atoms with van der Waals surface area (Å²) in [6.45, 7) is 13.6. The summed E-state index contributed by atoms with van der Waals surface area (Å²) in [6, 6.07) is 0. The van der Waals surface area contributed by atoms with Gasteiger partial charge in [0.2, 0.25) is 0 Å². The lowest BCUT2D eigenvalue weighted by atomic mass is 10.0. The fraction of sp³-hybridized carbons (Fsp3) is 0.934. The summed E-state index contributed by atoms with van der Waals surface area (Å²) in [6.07, 6.45) is 44.0. The van der Waals surface area contributed by atoms with E-state index in [1.165, 1.54) is 77.0 Å². The van der Waals surface area contributed by atoms with Crippen LogP contribution in [-0.2, 0) is 33.3 Å². The molecule has 10 nitrogen and oxygen atoms in total. The molecule has 0 heterocycles. The third-order valence-electron chi connectivity index (χ3n) is 14.1. The molecule has 0 aromatic rings. The average molecular weight is 1010 g/mol. The normalized spacial score (nSPS) is 11.6. The van der Waals surface area contributed by atoms with Crippen molar-refractivity contribution in [2.45, 2.75) is 329 Å². The maximum atomic E-state index is 13.9. The van der Waals surface area contributed by atoms with Crippen molar-refractivity contribution < 1.29 is 38.1 Å². The van der Waals surface area contributed by atoms with Crippen LogP contribution in [0, 0.1) is 0 Å². The standard InChI is InChI=1S/C61H118N2O8/c1-8-13-18-30-42-55(43-31-19-14-9-2)69-59(65)49-36-28-24-22-26-34-46-57(71-61(67)63(53-41-51-62(6)7)52-39-38-48-58(64)68-54-40-17-12-5)47-35-27-23-25-29-37-50-60(66)70-56(44-32-20-15-10-3)45-33-21-16-11-4/h55-57H,8-54H2,1-7H3. The lowest BCUT2D eigenvalue weighted by Gasteiger charge is -2.26. The van der Waals surface area contributed by atoms with Gasteiger partial charge in [-0.05, 0) is 136 Å². The monoisotopic (exact) mass is 1010 g/mol. The van der Waals surface area contributed by atoms with Gasteiger partial charge in [0.25, 0.3) is 0 Å². The Balaban J connectivity index is 5.17. The molecule has 0 unspecified atom stereocenters. The van der Waals surface area contributed by atoms with Crippen molar-refractivity contribution in [1.29, 1.82) is 0 Å². The highest BCUT2D eigenvalue weighted by atomic mass is 16.6. The van der Waals surface area contributed by atoms with E-state index in [0.717, 1.165) is 180 Å². The highest BCUT2D eigenvalue weighted by Crippen LogP contribution is 2.22. The summed E-state index contributed by atoms with van der Waals surface area (Å²) >= 11 is 0. The van der Waals surface area contributed by atoms with Gasteiger partial charge in [0.05, 0.1) is 6.61 Å². The van der Waals surface area contributed by atoms with Gasteiger partial charge in [0.15, 0.2) is 0 Å². The summed E-state index contributed by atoms with van der Waals surface area (Å²) < 4.78 is 23.8. The maximum Gasteiger partial charge on any atom is 0.410 e. The minimum absolute atomic E-state index is 0.0216. The molecule has 10 heteroatoms. The second-order valence-electron chi connectivity index (χ2n) is 21.5. The van der Waals surface area contributed by atoms with E-state index >= 15 is 0 Å². The zero-order valence-corrected chi connectivity index (χ0v) is 48.1. The maximum absolute atomic E-state index is 13.9. The van der Waals surface area contributed by atoms with E-state index < -0.39 is 0 Å². The van der Waals surface area contributed by atoms with Crippen LogP contribution in [-0.4, -0.2) is 92.4 Å². The van der Waals surface area contributed by atoms with E-state index in [0.29, 0.717) is 45.4 Å². The molecule has 0 atom stereocenters. The molecule has 0 aromatic carbocycles. The summed E-state index contributed by atoms with van der Waals surface area (Å²) in [5, 5.41) is 0. The quantitative estimate of drug-likeness (QED) is 0.0334. The largest absolute Gasteiger partial charge is 0.466 e. The van der Waals surface area contributed by atoms with Crippen LogP contribution in [0.4, 0.5) is 4.79 Å². The highest BCUT2D eigenvalue weighted by molar-refractivity contribution is 5.70. The van der Waals surface area contributed by atoms with Gasteiger partial charge < -0.3 is 28.7 Å². The van der Waals surface area contributed by atoms with Gasteiger partial charge >= 0.3 is 24.0 Å². The fourth-order valence-corrected chi connectivity index (χ4v) is 9.44. The molecular weight excluding hydrogens is 889 g/mol. The number of unbranched alkanes of at least 4 members (excludes halogenated alkanes) is 25. The second-order valence-corrected chi connectivity index (χ2v) is 21.5. The van der Waals surface area contributed by atoms with Crippen LogP contribution in [0.5, 0.6) is 0 Å². The molecule has 71 heavy (non-hydrogen) atoms. The number of hydrogen-bond donors (Lipinski definition) is 0. The number of esters is 3. The number of ether oxygens (including phenoxy) is 4. The Labute approximate surface area is 439 Å². The number of hydrogen-bond acceptors (Lipinski definition) is 9. The summed E-state index contributed by atoms with van der Waals surface area (Å²) in [4.78, 5) is 55.8. The second kappa shape index (κ2) is 52.5. The van der Waals surface area contributed by atoms with Gasteiger partial charge in [-0.15, -0.1) is 0 Å². The summed E-state index contributed by atoms with van der Waals surface area (Å²) in [5.41, 5.74) is 0. The van der Waals surface area contributed by atoms with E-state index in [1.54, 1.807) is 0 Å². The zero-order chi connectivity index (χ0) is 52.3. The van der Waals surface area contributed by atoms with Crippen molar-refractivity contribution in [2.24, 2.45) is 0 Å². The van der Waals surface area contributed by atoms with Crippen molar-refractivity contribution in [3.8, 4) is 0 Å². The SMILES string of the molecule is CCCCCCC(CCCCCC)OC(=O)CCCCCCCCC(CCCCCCCCC(=O)OC(CCCCCC)CCCCCC)OC(=O)N(CCCCC(=O)OCCCCC)CCCN(C)C. The lowest BCUT2D eigenvalue weighted by Crippen LogP contribution is -2.37. The van der Waals surface area contributed by atoms with E-state index in [4.69, 9.17) is 18.9 Å². The minimum atomic E-state index is -0.233. The summed E-state index contributed by atoms with van der Waals surface area (Å²) in [5.74, 6) is -0.193. The van der Waals surface area contributed by atoms with Crippen molar-refractivity contribution in [2.75, 3.05) is 40.3 Å². The number of carbonyl (C=O) groups excluding carboxylic acids is 4. The Kier molecular flexibility index (Phi) is 50.8. The van der Waals surface area contributed by atoms with Crippen molar-refractivity contribution in [3.63, 3.8) is 0 Å². The van der Waals surface area contributed by atoms with Crippen LogP contribution in [0.3, 0.4) is 0 Å². The third kappa shape index (κ3) is 47.1. The molecule has 0 spiro atoms. The Morgan fingerprint density at radius 3 is 1.03 bits per heavy atom. The van der Waals surface area contributed by atoms with Crippen LogP contribution in [0.25, 0.3) is 0 Å². The molecule has 0 aliphatic rings. The Bertz CT molecular complexity index is 1120. The molecule has 0 aromatic heterocycles. The molecule has 0 bridgehead atoms. The van der Waals surface area contributed by atoms with Gasteiger partial charge in [0.1, 0.15) is 18.3 Å². The van der Waals surface area contributed by atoms with E-state index in [2.05, 4.69) is 53.6 Å². The van der Waals surface area contributed by atoms with Crippen molar-refractivity contribution >= 4 is 24.0 Å². The van der Waals surface area contributed by atoms with Crippen LogP contribution >= 0.6 is 0 Å². The molecule has 0 aliphatic heterocycles. The minimum Gasteiger partial charge on any atom is -0.466 e. The third-order valence-corrected chi connectivity index (χ3v) is 14.1. The van der Waals surface area contributed by atoms with Gasteiger partial charge in [-0.25, -0.2) is 4.79 Å². The molecule has 420 valence electrons. The van der Waals surface area contributed by atoms with Gasteiger partial charge in [-0.1, -0.05) is 176 Å². The van der Waals surface area contributed by atoms with Gasteiger partial charge in [-0.2, -0.15) is 0 Å². The zero-order valence-electron chi connectivity index (χ0n) is 48.1. The first kappa shape index (κ1) is 68.6. The molecule has 0 N–H and O–H groups in total. The predicted octanol–water partition coefficient (Wildman–Crippen LogP) is 17.6. The Morgan fingerprint density at radius 1 is 0.324 bits per heavy atom. The average Bonchev–Trinajstić information content (AvgIpc) is 3.35. The molecule has 0 aliphatic carbocycles. The molecular formula is C61H118N2O8. The molecule has 0 saturated heterocycles. The van der Waals surface area contributed by atoms with Crippen LogP contribution in [0.15, 0.2) is 0 Å². The van der Waals surface area contributed by atoms with Crippen LogP contribution in [0.2, 0.25) is 0 Å². The lowest BCUT2D eigenvalue weighted by molar-refractivity contribution is -0.151. The molecule has 0 fully saturated rings. The summed E-state index contributed by atoms with van der Waals surface area (Å²) in [7, 11) is 4.11. The number of nitrogens with zero attached hydrogens (tertiary/aromatic N) is 2. The van der Waals surface area contributed by atoms with E-state index in [-0.39, 0.29) is 42.3 Å². The fourth-order valence-electron chi connectivity index (χ4n) is 9.44. The first-order valence-electron chi connectivity index (χ1n) is 30.7. The van der Waals surface area contributed by atoms with E-state index in [1.807, 2.05) is 4.90 Å². The number of carbonyl (C=O) groups is 4. The molecule has 0 saturated carbocycles. The van der Waals surface area contributed by atoms with Crippen molar-refractivity contribution in [3.05, 3.63) is 0 Å². The first-order chi connectivity index (χ1) is 34.6. The highest BCUT2D eigenvalue weighted by Gasteiger charge is 2.21. The predicted molar refractivity (Wildman–Crippen MR) is 298 cm³/mol. The molecule has 0 radical (unpaired) electrons. The number of rotatable bonds is 54. The number of amides is 1. The Morgan fingerprint density at radius 2 is 0.634 bits per heavy atom. The van der Waals surface area contributed by atoms with Crippen LogP contribution in [0.1, 0.15) is 311 Å². The smallest absolute Gasteiger partial charge is 0.410 e. The van der Waals surface area contributed by atoms with E-state index in [9.17, 15) is 19.2 Å². The Hall–Kier alpha value is -2.36. The van der Waals surface area contributed by atoms with Gasteiger partial charge in [0, 0.05) is 32.4 Å². The topological polar surface area (TPSA) is 112 Å². The molecule has 0 rings (SSSR count). The first-order valence-corrected chi connectivity index (χ1v) is 30.7. The van der Waals surface area contributed by atoms with Gasteiger partial charge in [-0.3, -0.25) is 14.4 Å². The van der Waals surface area contributed by atoms with Crippen LogP contribution < -0.4 is 0 Å². The van der Waals surface area contributed by atoms with Crippen molar-refractivity contribution in [1.82, 2.24) is 9.80 Å². The molecule has 1 amide bonds.